The Kier molecular flexibility index (Phi) is 6.92. The van der Waals surface area contributed by atoms with Crippen LogP contribution in [0.5, 0.6) is 11.5 Å². The number of hydrogen-bond acceptors (Lipinski definition) is 7. The van der Waals surface area contributed by atoms with Crippen LogP contribution in [0.2, 0.25) is 0 Å². The number of carboxylic acid groups (broad SMARTS) is 1. The number of hydrogen-bond donors (Lipinski definition) is 1. The molecular weight excluding hydrogens is 402 g/mol. The largest absolute Gasteiger partial charge is 0.550 e. The summed E-state index contributed by atoms with van der Waals surface area (Å²) in [6.45, 7) is 1.71. The molecule has 3 aromatic rings. The number of fused-ring (bicyclic) bond motifs is 1. The van der Waals surface area contributed by atoms with E-state index in [-0.39, 0.29) is 31.9 Å². The number of carbonyl (C=O) groups excluding carboxylic acids is 2. The van der Waals surface area contributed by atoms with Crippen molar-refractivity contribution in [1.82, 2.24) is 5.32 Å². The van der Waals surface area contributed by atoms with Crippen molar-refractivity contribution in [3.05, 3.63) is 58.4 Å². The normalized spacial score (nSPS) is 10.6. The maximum atomic E-state index is 12.2. The van der Waals surface area contributed by atoms with Crippen LogP contribution in [-0.4, -0.2) is 32.1 Å². The van der Waals surface area contributed by atoms with Gasteiger partial charge in [0.1, 0.15) is 17.1 Å². The lowest BCUT2D eigenvalue weighted by molar-refractivity contribution is -0.305. The van der Waals surface area contributed by atoms with Crippen LogP contribution < -0.4 is 25.5 Å². The van der Waals surface area contributed by atoms with Crippen molar-refractivity contribution in [1.29, 1.82) is 0 Å². The molecule has 1 heterocycles. The maximum Gasteiger partial charge on any atom is 0.336 e. The highest BCUT2D eigenvalue weighted by Crippen LogP contribution is 2.33. The average Bonchev–Trinajstić information content (AvgIpc) is 2.76. The van der Waals surface area contributed by atoms with E-state index in [0.717, 1.165) is 10.9 Å². The monoisotopic (exact) mass is 424 g/mol. The number of carbonyl (C=O) groups is 2. The van der Waals surface area contributed by atoms with Gasteiger partial charge in [0.15, 0.2) is 6.61 Å². The van der Waals surface area contributed by atoms with Gasteiger partial charge >= 0.3 is 5.63 Å². The Balaban J connectivity index is 1.79. The van der Waals surface area contributed by atoms with Crippen molar-refractivity contribution >= 4 is 22.8 Å². The van der Waals surface area contributed by atoms with Crippen LogP contribution in [0.25, 0.3) is 22.1 Å². The summed E-state index contributed by atoms with van der Waals surface area (Å²) in [6, 6.07) is 12.3. The van der Waals surface area contributed by atoms with E-state index >= 15 is 0 Å². The van der Waals surface area contributed by atoms with E-state index in [1.165, 1.54) is 6.07 Å². The van der Waals surface area contributed by atoms with E-state index in [9.17, 15) is 19.5 Å². The van der Waals surface area contributed by atoms with E-state index in [4.69, 9.17) is 13.9 Å². The molecule has 2 aromatic carbocycles. The Morgan fingerprint density at radius 3 is 2.55 bits per heavy atom. The number of methoxy groups -OCH3 is 1. The van der Waals surface area contributed by atoms with Crippen LogP contribution in [-0.2, 0) is 9.59 Å². The number of aryl methyl sites for hydroxylation is 1. The van der Waals surface area contributed by atoms with E-state index in [1.807, 2.05) is 24.3 Å². The van der Waals surface area contributed by atoms with E-state index in [2.05, 4.69) is 5.32 Å². The van der Waals surface area contributed by atoms with Crippen LogP contribution in [0.1, 0.15) is 18.4 Å². The highest BCUT2D eigenvalue weighted by atomic mass is 16.5. The first-order valence-corrected chi connectivity index (χ1v) is 9.70. The molecule has 1 aromatic heterocycles. The number of nitrogens with one attached hydrogen (secondary N) is 1. The molecule has 1 amide bonds. The van der Waals surface area contributed by atoms with Crippen molar-refractivity contribution in [2.75, 3.05) is 20.3 Å². The van der Waals surface area contributed by atoms with E-state index in [0.29, 0.717) is 28.2 Å². The predicted octanol–water partition coefficient (Wildman–Crippen LogP) is 1.80. The highest BCUT2D eigenvalue weighted by molar-refractivity contribution is 5.95. The minimum atomic E-state index is -1.16. The zero-order valence-electron chi connectivity index (χ0n) is 17.2. The van der Waals surface area contributed by atoms with Crippen LogP contribution in [0.4, 0.5) is 0 Å². The smallest absolute Gasteiger partial charge is 0.336 e. The van der Waals surface area contributed by atoms with Gasteiger partial charge in [0.05, 0.1) is 7.11 Å². The molecule has 0 bridgehead atoms. The number of ether oxygens (including phenoxy) is 2. The molecule has 0 unspecified atom stereocenters. The van der Waals surface area contributed by atoms with Crippen molar-refractivity contribution in [2.45, 2.75) is 19.8 Å². The van der Waals surface area contributed by atoms with E-state index in [1.54, 1.807) is 26.2 Å². The first-order chi connectivity index (χ1) is 14.9. The Bertz CT molecular complexity index is 1150. The Labute approximate surface area is 178 Å². The second kappa shape index (κ2) is 9.80. The van der Waals surface area contributed by atoms with Gasteiger partial charge in [-0.05, 0) is 55.2 Å². The molecule has 162 valence electrons. The van der Waals surface area contributed by atoms with Crippen LogP contribution in [0, 0.1) is 6.92 Å². The second-order valence-electron chi connectivity index (χ2n) is 6.89. The SMILES string of the molecule is COc1ccc(-c2cc(=O)oc3c(C)c(OCC(=O)NCCCC(=O)[O-])ccc23)cc1. The zero-order chi connectivity index (χ0) is 22.4. The van der Waals surface area contributed by atoms with Crippen molar-refractivity contribution < 1.29 is 28.6 Å². The molecule has 0 saturated carbocycles. The summed E-state index contributed by atoms with van der Waals surface area (Å²) in [5, 5.41) is 13.7. The van der Waals surface area contributed by atoms with E-state index < -0.39 is 11.6 Å². The lowest BCUT2D eigenvalue weighted by atomic mass is 10.00. The number of benzene rings is 2. The molecule has 1 N–H and O–H groups in total. The summed E-state index contributed by atoms with van der Waals surface area (Å²) in [5.74, 6) is -0.424. The minimum absolute atomic E-state index is 0.125. The first-order valence-electron chi connectivity index (χ1n) is 9.70. The Hall–Kier alpha value is -3.81. The lowest BCUT2D eigenvalue weighted by Crippen LogP contribution is -2.31. The number of carboxylic acids is 1. The second-order valence-corrected chi connectivity index (χ2v) is 6.89. The molecule has 0 aliphatic carbocycles. The Morgan fingerprint density at radius 2 is 1.87 bits per heavy atom. The van der Waals surface area contributed by atoms with Crippen molar-refractivity contribution in [3.63, 3.8) is 0 Å². The summed E-state index contributed by atoms with van der Waals surface area (Å²) >= 11 is 0. The predicted molar refractivity (Wildman–Crippen MR) is 112 cm³/mol. The fraction of sp³-hybridized carbons (Fsp3) is 0.261. The van der Waals surface area contributed by atoms with Gasteiger partial charge in [0.25, 0.3) is 5.91 Å². The summed E-state index contributed by atoms with van der Waals surface area (Å²) in [6.07, 6.45) is 0.156. The third kappa shape index (κ3) is 5.42. The summed E-state index contributed by atoms with van der Waals surface area (Å²) < 4.78 is 16.2. The fourth-order valence-electron chi connectivity index (χ4n) is 3.16. The lowest BCUT2D eigenvalue weighted by Gasteiger charge is -2.13. The van der Waals surface area contributed by atoms with Gasteiger partial charge in [-0.15, -0.1) is 0 Å². The van der Waals surface area contributed by atoms with Crippen molar-refractivity contribution in [2.24, 2.45) is 0 Å². The van der Waals surface area contributed by atoms with Gasteiger partial charge in [-0.25, -0.2) is 4.79 Å². The Morgan fingerprint density at radius 1 is 1.13 bits per heavy atom. The topological polar surface area (TPSA) is 118 Å². The molecule has 0 atom stereocenters. The summed E-state index contributed by atoms with van der Waals surface area (Å²) in [4.78, 5) is 34.5. The molecule has 0 radical (unpaired) electrons. The highest BCUT2D eigenvalue weighted by Gasteiger charge is 2.14. The van der Waals surface area contributed by atoms with Crippen LogP contribution in [0.15, 0.2) is 51.7 Å². The van der Waals surface area contributed by atoms with Crippen LogP contribution in [0.3, 0.4) is 0 Å². The zero-order valence-corrected chi connectivity index (χ0v) is 17.2. The standard InChI is InChI=1S/C23H23NO7/c1-14-19(30-13-20(25)24-11-3-4-21(26)27)10-9-17-18(12-22(28)31-23(14)17)15-5-7-16(29-2)8-6-15/h5-10,12H,3-4,11,13H2,1-2H3,(H,24,25)(H,26,27)/p-1. The van der Waals surface area contributed by atoms with Gasteiger partial charge in [-0.3, -0.25) is 4.79 Å². The maximum absolute atomic E-state index is 12.2. The average molecular weight is 424 g/mol. The van der Waals surface area contributed by atoms with Gasteiger partial charge in [0.2, 0.25) is 0 Å². The molecular formula is C23H22NO7-. The third-order valence-electron chi connectivity index (χ3n) is 4.75. The molecule has 0 aliphatic heterocycles. The fourth-order valence-corrected chi connectivity index (χ4v) is 3.16. The summed E-state index contributed by atoms with van der Waals surface area (Å²) in [5.41, 5.74) is 2.03. The van der Waals surface area contributed by atoms with Gasteiger partial charge in [-0.2, -0.15) is 0 Å². The van der Waals surface area contributed by atoms with Crippen molar-refractivity contribution in [3.8, 4) is 22.6 Å². The van der Waals surface area contributed by atoms with Crippen LogP contribution >= 0.6 is 0 Å². The van der Waals surface area contributed by atoms with Gasteiger partial charge in [0, 0.05) is 29.5 Å². The molecule has 8 heteroatoms. The first kappa shape index (κ1) is 21.9. The van der Waals surface area contributed by atoms with Gasteiger partial charge in [-0.1, -0.05) is 12.1 Å². The summed E-state index contributed by atoms with van der Waals surface area (Å²) in [7, 11) is 1.58. The minimum Gasteiger partial charge on any atom is -0.550 e. The quantitative estimate of drug-likeness (QED) is 0.411. The number of amides is 1. The molecule has 0 saturated heterocycles. The molecule has 8 nitrogen and oxygen atoms in total. The third-order valence-corrected chi connectivity index (χ3v) is 4.75. The molecule has 31 heavy (non-hydrogen) atoms. The number of aliphatic carboxylic acids is 1. The van der Waals surface area contributed by atoms with Gasteiger partial charge < -0.3 is 29.1 Å². The molecule has 3 rings (SSSR count). The molecule has 0 fully saturated rings. The molecule has 0 aliphatic rings. The number of rotatable bonds is 9. The molecule has 0 spiro atoms.